The summed E-state index contributed by atoms with van der Waals surface area (Å²) in [5.74, 6) is -0.881. The van der Waals surface area contributed by atoms with Crippen LogP contribution < -0.4 is 16.0 Å². The van der Waals surface area contributed by atoms with E-state index in [9.17, 15) is 14.4 Å². The van der Waals surface area contributed by atoms with E-state index in [1.165, 1.54) is 0 Å². The van der Waals surface area contributed by atoms with E-state index in [0.717, 1.165) is 0 Å². The SMILES string of the molecule is O=CNCCCNC(=O)C(=O)NCCCCl. The number of hydrogen-bond acceptors (Lipinski definition) is 3. The van der Waals surface area contributed by atoms with Gasteiger partial charge in [0.2, 0.25) is 6.41 Å². The Kier molecular flexibility index (Phi) is 9.39. The molecule has 6 nitrogen and oxygen atoms in total. The second-order valence-corrected chi connectivity index (χ2v) is 3.36. The van der Waals surface area contributed by atoms with Gasteiger partial charge in [-0.25, -0.2) is 0 Å². The standard InChI is InChI=1S/C9H16ClN3O3/c10-3-1-5-12-8(15)9(16)13-6-2-4-11-7-14/h7H,1-6H2,(H,11,14)(H,12,15)(H,13,16). The third kappa shape index (κ3) is 8.05. The third-order valence-corrected chi connectivity index (χ3v) is 1.94. The molecule has 3 amide bonds. The molecule has 3 N–H and O–H groups in total. The van der Waals surface area contributed by atoms with Gasteiger partial charge in [-0.15, -0.1) is 11.6 Å². The minimum atomic E-state index is -0.666. The van der Waals surface area contributed by atoms with E-state index < -0.39 is 11.8 Å². The van der Waals surface area contributed by atoms with Gasteiger partial charge in [0.05, 0.1) is 0 Å². The number of amides is 3. The Bertz CT molecular complexity index is 236. The lowest BCUT2D eigenvalue weighted by molar-refractivity contribution is -0.139. The van der Waals surface area contributed by atoms with E-state index >= 15 is 0 Å². The summed E-state index contributed by atoms with van der Waals surface area (Å²) in [5.41, 5.74) is 0. The van der Waals surface area contributed by atoms with Crippen molar-refractivity contribution in [3.8, 4) is 0 Å². The number of carbonyl (C=O) groups is 3. The maximum atomic E-state index is 11.1. The van der Waals surface area contributed by atoms with Crippen molar-refractivity contribution in [1.82, 2.24) is 16.0 Å². The first-order chi connectivity index (χ1) is 7.72. The molecular formula is C9H16ClN3O3. The fourth-order valence-electron chi connectivity index (χ4n) is 0.881. The van der Waals surface area contributed by atoms with Gasteiger partial charge in [0.1, 0.15) is 0 Å². The maximum absolute atomic E-state index is 11.1. The molecule has 0 rings (SSSR count). The molecule has 0 saturated carbocycles. The van der Waals surface area contributed by atoms with Gasteiger partial charge in [-0.1, -0.05) is 0 Å². The topological polar surface area (TPSA) is 87.3 Å². The zero-order valence-corrected chi connectivity index (χ0v) is 9.68. The van der Waals surface area contributed by atoms with Gasteiger partial charge in [0, 0.05) is 25.5 Å². The summed E-state index contributed by atoms with van der Waals surface area (Å²) in [6.07, 6.45) is 1.80. The van der Waals surface area contributed by atoms with Crippen molar-refractivity contribution in [2.75, 3.05) is 25.5 Å². The highest BCUT2D eigenvalue weighted by molar-refractivity contribution is 6.35. The Morgan fingerprint density at radius 1 is 1.00 bits per heavy atom. The second kappa shape index (κ2) is 10.2. The van der Waals surface area contributed by atoms with Gasteiger partial charge in [-0.3, -0.25) is 14.4 Å². The smallest absolute Gasteiger partial charge is 0.309 e. The number of rotatable bonds is 8. The Hall–Kier alpha value is -1.30. The van der Waals surface area contributed by atoms with Crippen LogP contribution in [0.15, 0.2) is 0 Å². The lowest BCUT2D eigenvalue weighted by Gasteiger charge is -2.05. The molecule has 0 bridgehead atoms. The minimum absolute atomic E-state index is 0.350. The fourth-order valence-corrected chi connectivity index (χ4v) is 1.01. The maximum Gasteiger partial charge on any atom is 0.309 e. The highest BCUT2D eigenvalue weighted by Crippen LogP contribution is 1.81. The lowest BCUT2D eigenvalue weighted by Crippen LogP contribution is -2.41. The molecule has 16 heavy (non-hydrogen) atoms. The van der Waals surface area contributed by atoms with Crippen molar-refractivity contribution in [2.24, 2.45) is 0 Å². The molecule has 0 fully saturated rings. The first-order valence-electron chi connectivity index (χ1n) is 5.01. The molecule has 0 radical (unpaired) electrons. The largest absolute Gasteiger partial charge is 0.359 e. The number of halogens is 1. The van der Waals surface area contributed by atoms with Crippen molar-refractivity contribution in [3.63, 3.8) is 0 Å². The molecule has 0 spiro atoms. The molecular weight excluding hydrogens is 234 g/mol. The van der Waals surface area contributed by atoms with Crippen molar-refractivity contribution < 1.29 is 14.4 Å². The van der Waals surface area contributed by atoms with Crippen molar-refractivity contribution in [1.29, 1.82) is 0 Å². The number of alkyl halides is 1. The summed E-state index contributed by atoms with van der Waals surface area (Å²) in [7, 11) is 0. The summed E-state index contributed by atoms with van der Waals surface area (Å²) in [5, 5.41) is 7.30. The highest BCUT2D eigenvalue weighted by Gasteiger charge is 2.10. The third-order valence-electron chi connectivity index (χ3n) is 1.67. The molecule has 7 heteroatoms. The Morgan fingerprint density at radius 3 is 2.06 bits per heavy atom. The van der Waals surface area contributed by atoms with Crippen LogP contribution in [0.4, 0.5) is 0 Å². The minimum Gasteiger partial charge on any atom is -0.359 e. The number of nitrogens with one attached hydrogen (secondary N) is 3. The Morgan fingerprint density at radius 2 is 1.56 bits per heavy atom. The number of hydrogen-bond donors (Lipinski definition) is 3. The van der Waals surface area contributed by atoms with E-state index in [4.69, 9.17) is 11.6 Å². The summed E-state index contributed by atoms with van der Waals surface area (Å²) >= 11 is 5.41. The van der Waals surface area contributed by atoms with Gasteiger partial charge in [-0.2, -0.15) is 0 Å². The summed E-state index contributed by atoms with van der Waals surface area (Å²) in [6, 6.07) is 0. The molecule has 0 aliphatic rings. The van der Waals surface area contributed by atoms with Crippen LogP contribution in [0.3, 0.4) is 0 Å². The first-order valence-corrected chi connectivity index (χ1v) is 5.55. The average molecular weight is 250 g/mol. The van der Waals surface area contributed by atoms with Gasteiger partial charge >= 0.3 is 11.8 Å². The van der Waals surface area contributed by atoms with Crippen LogP contribution in [0.2, 0.25) is 0 Å². The quantitative estimate of drug-likeness (QED) is 0.223. The van der Waals surface area contributed by atoms with E-state index in [0.29, 0.717) is 44.8 Å². The van der Waals surface area contributed by atoms with Crippen LogP contribution in [0.25, 0.3) is 0 Å². The van der Waals surface area contributed by atoms with Crippen molar-refractivity contribution in [2.45, 2.75) is 12.8 Å². The lowest BCUT2D eigenvalue weighted by atomic mass is 10.4. The van der Waals surface area contributed by atoms with E-state index in [1.54, 1.807) is 0 Å². The summed E-state index contributed by atoms with van der Waals surface area (Å²) in [4.78, 5) is 32.1. The van der Waals surface area contributed by atoms with Crippen LogP contribution in [0, 0.1) is 0 Å². The molecule has 0 atom stereocenters. The van der Waals surface area contributed by atoms with Gasteiger partial charge in [-0.05, 0) is 12.8 Å². The number of carbonyl (C=O) groups excluding carboxylic acids is 3. The van der Waals surface area contributed by atoms with Crippen LogP contribution in [0.1, 0.15) is 12.8 Å². The first kappa shape index (κ1) is 14.7. The van der Waals surface area contributed by atoms with Crippen molar-refractivity contribution >= 4 is 29.8 Å². The zero-order chi connectivity index (χ0) is 12.2. The van der Waals surface area contributed by atoms with Crippen LogP contribution >= 0.6 is 11.6 Å². The van der Waals surface area contributed by atoms with Crippen molar-refractivity contribution in [3.05, 3.63) is 0 Å². The molecule has 0 aliphatic carbocycles. The van der Waals surface area contributed by atoms with Gasteiger partial charge in [0.25, 0.3) is 0 Å². The van der Waals surface area contributed by atoms with E-state index in [2.05, 4.69) is 16.0 Å². The fraction of sp³-hybridized carbons (Fsp3) is 0.667. The average Bonchev–Trinajstić information content (AvgIpc) is 2.28. The molecule has 0 aromatic heterocycles. The summed E-state index contributed by atoms with van der Waals surface area (Å²) < 4.78 is 0. The molecule has 0 aliphatic heterocycles. The molecule has 0 unspecified atom stereocenters. The van der Waals surface area contributed by atoms with Gasteiger partial charge in [0.15, 0.2) is 0 Å². The van der Waals surface area contributed by atoms with E-state index in [1.807, 2.05) is 0 Å². The van der Waals surface area contributed by atoms with Gasteiger partial charge < -0.3 is 16.0 Å². The monoisotopic (exact) mass is 249 g/mol. The van der Waals surface area contributed by atoms with Crippen LogP contribution in [-0.4, -0.2) is 43.7 Å². The molecule has 0 aromatic rings. The Balaban J connectivity index is 3.47. The highest BCUT2D eigenvalue weighted by atomic mass is 35.5. The molecule has 0 aromatic carbocycles. The zero-order valence-electron chi connectivity index (χ0n) is 8.92. The molecule has 92 valence electrons. The normalized spacial score (nSPS) is 9.31. The predicted octanol–water partition coefficient (Wildman–Crippen LogP) is -1.02. The molecule has 0 saturated heterocycles. The molecule has 0 heterocycles. The van der Waals surface area contributed by atoms with Crippen LogP contribution in [-0.2, 0) is 14.4 Å². The summed E-state index contributed by atoms with van der Waals surface area (Å²) in [6.45, 7) is 1.21. The van der Waals surface area contributed by atoms with E-state index in [-0.39, 0.29) is 0 Å². The second-order valence-electron chi connectivity index (χ2n) is 2.98. The predicted molar refractivity (Wildman–Crippen MR) is 60.0 cm³/mol. The van der Waals surface area contributed by atoms with Crippen LogP contribution in [0.5, 0.6) is 0 Å². The Labute approximate surface area is 99.1 Å².